The van der Waals surface area contributed by atoms with Crippen LogP contribution in [-0.2, 0) is 18.4 Å². The Labute approximate surface area is 98.6 Å². The maximum absolute atomic E-state index is 9.63. The Kier molecular flexibility index (Phi) is 2.67. The van der Waals surface area contributed by atoms with Crippen LogP contribution in [0.25, 0.3) is 0 Å². The molecule has 1 atom stereocenters. The predicted octanol–water partition coefficient (Wildman–Crippen LogP) is 2.25. The number of aliphatic hydroxyl groups is 1. The van der Waals surface area contributed by atoms with Crippen molar-refractivity contribution in [1.29, 1.82) is 0 Å². The summed E-state index contributed by atoms with van der Waals surface area (Å²) < 4.78 is 3.14. The van der Waals surface area contributed by atoms with Gasteiger partial charge in [-0.1, -0.05) is 20.8 Å². The van der Waals surface area contributed by atoms with Gasteiger partial charge in [-0.05, 0) is 22.4 Å². The number of hydrogen-bond donors (Lipinski definition) is 1. The van der Waals surface area contributed by atoms with Crippen molar-refractivity contribution in [3.63, 3.8) is 0 Å². The lowest BCUT2D eigenvalue weighted by Crippen LogP contribution is -2.27. The van der Waals surface area contributed by atoms with Crippen LogP contribution >= 0.6 is 15.9 Å². The van der Waals surface area contributed by atoms with E-state index < -0.39 is 0 Å². The summed E-state index contributed by atoms with van der Waals surface area (Å²) in [6.07, 6.45) is 1.33. The Balaban J connectivity index is 2.48. The second-order valence-corrected chi connectivity index (χ2v) is 5.97. The molecule has 1 aromatic rings. The first-order chi connectivity index (χ1) is 6.89. The molecule has 2 rings (SSSR count). The molecular formula is C11H17BrN2O. The summed E-state index contributed by atoms with van der Waals surface area (Å²) in [6, 6.07) is 0. The lowest BCUT2D eigenvalue weighted by atomic mass is 9.95. The van der Waals surface area contributed by atoms with Crippen LogP contribution in [0.4, 0.5) is 0 Å². The zero-order chi connectivity index (χ0) is 11.2. The average Bonchev–Trinajstić information content (AvgIpc) is 2.43. The topological polar surface area (TPSA) is 38.0 Å². The van der Waals surface area contributed by atoms with Crippen LogP contribution in [0.2, 0.25) is 0 Å². The molecule has 0 aliphatic carbocycles. The van der Waals surface area contributed by atoms with Gasteiger partial charge in [0.15, 0.2) is 0 Å². The Morgan fingerprint density at radius 2 is 2.13 bits per heavy atom. The molecule has 0 saturated heterocycles. The van der Waals surface area contributed by atoms with Gasteiger partial charge in [0, 0.05) is 18.4 Å². The number of aromatic nitrogens is 2. The van der Waals surface area contributed by atoms with Crippen molar-refractivity contribution in [2.45, 2.75) is 51.7 Å². The zero-order valence-corrected chi connectivity index (χ0v) is 11.0. The third-order valence-electron chi connectivity index (χ3n) is 2.81. The third kappa shape index (κ3) is 1.97. The van der Waals surface area contributed by atoms with Gasteiger partial charge in [0.2, 0.25) is 0 Å². The van der Waals surface area contributed by atoms with Gasteiger partial charge >= 0.3 is 0 Å². The normalized spacial score (nSPS) is 21.5. The zero-order valence-electron chi connectivity index (χ0n) is 9.42. The molecule has 3 nitrogen and oxygen atoms in total. The van der Waals surface area contributed by atoms with Crippen LogP contribution in [0, 0.1) is 0 Å². The minimum Gasteiger partial charge on any atom is -0.393 e. The second-order valence-electron chi connectivity index (χ2n) is 5.22. The Bertz CT molecular complexity index is 379. The summed E-state index contributed by atoms with van der Waals surface area (Å²) in [6.45, 7) is 7.38. The first-order valence-electron chi connectivity index (χ1n) is 5.33. The van der Waals surface area contributed by atoms with E-state index in [0.29, 0.717) is 6.42 Å². The Morgan fingerprint density at radius 1 is 1.47 bits per heavy atom. The molecule has 0 fully saturated rings. The molecular weight excluding hydrogens is 256 g/mol. The predicted molar refractivity (Wildman–Crippen MR) is 63.0 cm³/mol. The molecule has 1 unspecified atom stereocenters. The van der Waals surface area contributed by atoms with Gasteiger partial charge in [-0.2, -0.15) is 0 Å². The van der Waals surface area contributed by atoms with Crippen LogP contribution in [0.1, 0.15) is 38.7 Å². The summed E-state index contributed by atoms with van der Waals surface area (Å²) in [5.74, 6) is 1.11. The molecule has 0 amide bonds. The quantitative estimate of drug-likeness (QED) is 0.787. The SMILES string of the molecule is CC(C)(C)c1nc(Br)c2n1CCC(O)C2. The molecule has 0 saturated carbocycles. The van der Waals surface area contributed by atoms with Gasteiger partial charge in [-0.25, -0.2) is 4.98 Å². The van der Waals surface area contributed by atoms with Crippen molar-refractivity contribution >= 4 is 15.9 Å². The van der Waals surface area contributed by atoms with Crippen molar-refractivity contribution in [2.75, 3.05) is 0 Å². The van der Waals surface area contributed by atoms with Gasteiger partial charge in [0.1, 0.15) is 10.4 Å². The van der Waals surface area contributed by atoms with Gasteiger partial charge in [-0.3, -0.25) is 0 Å². The first kappa shape index (κ1) is 11.1. The van der Waals surface area contributed by atoms with Crippen LogP contribution in [-0.4, -0.2) is 20.8 Å². The number of fused-ring (bicyclic) bond motifs is 1. The molecule has 0 bridgehead atoms. The smallest absolute Gasteiger partial charge is 0.127 e. The molecule has 0 spiro atoms. The largest absolute Gasteiger partial charge is 0.393 e. The number of hydrogen-bond acceptors (Lipinski definition) is 2. The fourth-order valence-electron chi connectivity index (χ4n) is 2.07. The van der Waals surface area contributed by atoms with Gasteiger partial charge in [-0.15, -0.1) is 0 Å². The molecule has 1 aliphatic heterocycles. The number of nitrogens with zero attached hydrogens (tertiary/aromatic N) is 2. The summed E-state index contributed by atoms with van der Waals surface area (Å²) in [4.78, 5) is 4.57. The molecule has 1 aliphatic rings. The molecule has 1 N–H and O–H groups in total. The highest BCUT2D eigenvalue weighted by Crippen LogP contribution is 2.30. The van der Waals surface area contributed by atoms with E-state index in [2.05, 4.69) is 46.3 Å². The molecule has 0 aromatic carbocycles. The average molecular weight is 273 g/mol. The lowest BCUT2D eigenvalue weighted by Gasteiger charge is -2.25. The molecule has 15 heavy (non-hydrogen) atoms. The van der Waals surface area contributed by atoms with Crippen LogP contribution < -0.4 is 0 Å². The minimum atomic E-state index is -0.210. The Morgan fingerprint density at radius 3 is 2.73 bits per heavy atom. The van der Waals surface area contributed by atoms with E-state index in [1.54, 1.807) is 0 Å². The first-order valence-corrected chi connectivity index (χ1v) is 6.12. The monoisotopic (exact) mass is 272 g/mol. The third-order valence-corrected chi connectivity index (χ3v) is 3.44. The van der Waals surface area contributed by atoms with Gasteiger partial charge in [0.05, 0.1) is 11.8 Å². The standard InChI is InChI=1S/C11H17BrN2O/c1-11(2,3)10-13-9(12)8-6-7(15)4-5-14(8)10/h7,15H,4-6H2,1-3H3. The maximum Gasteiger partial charge on any atom is 0.127 e. The summed E-state index contributed by atoms with van der Waals surface area (Å²) >= 11 is 3.48. The van der Waals surface area contributed by atoms with E-state index in [1.165, 1.54) is 0 Å². The van der Waals surface area contributed by atoms with E-state index >= 15 is 0 Å². The molecule has 2 heterocycles. The van der Waals surface area contributed by atoms with Gasteiger partial charge in [0.25, 0.3) is 0 Å². The van der Waals surface area contributed by atoms with Gasteiger partial charge < -0.3 is 9.67 Å². The number of imidazole rings is 1. The Hall–Kier alpha value is -0.350. The molecule has 1 aromatic heterocycles. The van der Waals surface area contributed by atoms with Crippen LogP contribution in [0.5, 0.6) is 0 Å². The number of rotatable bonds is 0. The fourth-order valence-corrected chi connectivity index (χ4v) is 2.61. The summed E-state index contributed by atoms with van der Waals surface area (Å²) in [7, 11) is 0. The number of aliphatic hydroxyl groups excluding tert-OH is 1. The van der Waals surface area contributed by atoms with E-state index in [9.17, 15) is 5.11 Å². The number of halogens is 1. The highest BCUT2D eigenvalue weighted by atomic mass is 79.9. The van der Waals surface area contributed by atoms with E-state index in [4.69, 9.17) is 0 Å². The highest BCUT2D eigenvalue weighted by molar-refractivity contribution is 9.10. The maximum atomic E-state index is 9.63. The molecule has 4 heteroatoms. The van der Waals surface area contributed by atoms with Crippen LogP contribution in [0.15, 0.2) is 4.60 Å². The van der Waals surface area contributed by atoms with Crippen molar-refractivity contribution in [2.24, 2.45) is 0 Å². The molecule has 84 valence electrons. The summed E-state index contributed by atoms with van der Waals surface area (Å²) in [5.41, 5.74) is 1.20. The van der Waals surface area contributed by atoms with Crippen molar-refractivity contribution < 1.29 is 5.11 Å². The second kappa shape index (κ2) is 3.59. The van der Waals surface area contributed by atoms with Crippen molar-refractivity contribution in [3.05, 3.63) is 16.1 Å². The van der Waals surface area contributed by atoms with Crippen molar-refractivity contribution in [3.8, 4) is 0 Å². The highest BCUT2D eigenvalue weighted by Gasteiger charge is 2.28. The van der Waals surface area contributed by atoms with Crippen molar-refractivity contribution in [1.82, 2.24) is 9.55 Å². The van der Waals surface area contributed by atoms with E-state index in [-0.39, 0.29) is 11.5 Å². The van der Waals surface area contributed by atoms with Crippen LogP contribution in [0.3, 0.4) is 0 Å². The lowest BCUT2D eigenvalue weighted by molar-refractivity contribution is 0.141. The van der Waals surface area contributed by atoms with E-state index in [1.807, 2.05) is 0 Å². The minimum absolute atomic E-state index is 0.0586. The van der Waals surface area contributed by atoms with E-state index in [0.717, 1.165) is 29.1 Å². The fraction of sp³-hybridized carbons (Fsp3) is 0.727. The molecule has 0 radical (unpaired) electrons. The summed E-state index contributed by atoms with van der Waals surface area (Å²) in [5, 5.41) is 9.63.